The predicted octanol–water partition coefficient (Wildman–Crippen LogP) is 0.561. The van der Waals surface area contributed by atoms with Crippen molar-refractivity contribution in [3.8, 4) is 0 Å². The molecule has 19 heavy (non-hydrogen) atoms. The van der Waals surface area contributed by atoms with Crippen molar-refractivity contribution in [3.63, 3.8) is 0 Å². The summed E-state index contributed by atoms with van der Waals surface area (Å²) in [6, 6.07) is 3.90. The molecule has 2 heterocycles. The topological polar surface area (TPSA) is 60.6 Å². The Morgan fingerprint density at radius 2 is 2.05 bits per heavy atom. The molecule has 1 aromatic rings. The van der Waals surface area contributed by atoms with E-state index in [2.05, 4.69) is 9.88 Å². The molecule has 1 aromatic heterocycles. The summed E-state index contributed by atoms with van der Waals surface area (Å²) in [5.74, 6) is 0. The van der Waals surface area contributed by atoms with E-state index in [4.69, 9.17) is 27.4 Å². The Morgan fingerprint density at radius 3 is 2.58 bits per heavy atom. The Bertz CT molecular complexity index is 443. The lowest BCUT2D eigenvalue weighted by Crippen LogP contribution is -2.27. The van der Waals surface area contributed by atoms with Crippen LogP contribution in [-0.4, -0.2) is 54.4 Å². The highest BCUT2D eigenvalue weighted by Gasteiger charge is 2.33. The molecule has 2 atom stereocenters. The van der Waals surface area contributed by atoms with Gasteiger partial charge in [-0.25, -0.2) is 0 Å². The van der Waals surface area contributed by atoms with Crippen molar-refractivity contribution in [2.75, 3.05) is 27.3 Å². The summed E-state index contributed by atoms with van der Waals surface area (Å²) < 4.78 is 10.9. The highest BCUT2D eigenvalue weighted by atomic mass is 32.1. The standard InChI is InChI=1S/C13H19N3O2S/c1-17-10-7-16(8-11(10)18-2)6-9-4-3-5-15-12(9)13(14)19/h3-5,10-11H,6-8H2,1-2H3,(H2,14,19). The third-order valence-corrected chi connectivity index (χ3v) is 3.61. The Morgan fingerprint density at radius 1 is 1.42 bits per heavy atom. The van der Waals surface area contributed by atoms with Crippen LogP contribution in [0.5, 0.6) is 0 Å². The van der Waals surface area contributed by atoms with E-state index < -0.39 is 0 Å². The molecule has 2 unspecified atom stereocenters. The fourth-order valence-electron chi connectivity index (χ4n) is 2.43. The SMILES string of the molecule is COC1CN(Cc2cccnc2C(N)=S)CC1OC. The fraction of sp³-hybridized carbons (Fsp3) is 0.538. The number of likely N-dealkylation sites (tertiary alicyclic amines) is 1. The van der Waals surface area contributed by atoms with Gasteiger partial charge in [0.2, 0.25) is 0 Å². The third kappa shape index (κ3) is 3.27. The van der Waals surface area contributed by atoms with E-state index in [1.54, 1.807) is 20.4 Å². The predicted molar refractivity (Wildman–Crippen MR) is 77.0 cm³/mol. The van der Waals surface area contributed by atoms with Crippen molar-refractivity contribution in [2.24, 2.45) is 5.73 Å². The van der Waals surface area contributed by atoms with Crippen LogP contribution < -0.4 is 5.73 Å². The van der Waals surface area contributed by atoms with Crippen LogP contribution in [-0.2, 0) is 16.0 Å². The summed E-state index contributed by atoms with van der Waals surface area (Å²) in [6.45, 7) is 2.42. The molecule has 6 heteroatoms. The minimum atomic E-state index is 0.106. The van der Waals surface area contributed by atoms with Gasteiger partial charge >= 0.3 is 0 Å². The molecule has 0 bridgehead atoms. The van der Waals surface area contributed by atoms with Crippen LogP contribution >= 0.6 is 12.2 Å². The van der Waals surface area contributed by atoms with Crippen molar-refractivity contribution in [1.82, 2.24) is 9.88 Å². The van der Waals surface area contributed by atoms with Crippen molar-refractivity contribution in [2.45, 2.75) is 18.8 Å². The number of ether oxygens (including phenoxy) is 2. The summed E-state index contributed by atoms with van der Waals surface area (Å²) >= 11 is 5.03. The average molecular weight is 281 g/mol. The molecule has 1 saturated heterocycles. The summed E-state index contributed by atoms with van der Waals surface area (Å²) in [4.78, 5) is 6.84. The van der Waals surface area contributed by atoms with Crippen LogP contribution in [0.15, 0.2) is 18.3 Å². The molecule has 0 radical (unpaired) electrons. The summed E-state index contributed by atoms with van der Waals surface area (Å²) in [5.41, 5.74) is 7.44. The lowest BCUT2D eigenvalue weighted by Gasteiger charge is -2.16. The number of hydrogen-bond donors (Lipinski definition) is 1. The number of pyridine rings is 1. The number of methoxy groups -OCH3 is 2. The molecule has 1 aliphatic heterocycles. The van der Waals surface area contributed by atoms with Crippen LogP contribution in [0.2, 0.25) is 0 Å². The van der Waals surface area contributed by atoms with Crippen LogP contribution in [0.4, 0.5) is 0 Å². The van der Waals surface area contributed by atoms with Gasteiger partial charge in [-0.05, 0) is 11.6 Å². The fourth-order valence-corrected chi connectivity index (χ4v) is 2.61. The molecule has 0 saturated carbocycles. The molecule has 0 aromatic carbocycles. The highest BCUT2D eigenvalue weighted by Crippen LogP contribution is 2.19. The molecule has 0 spiro atoms. The lowest BCUT2D eigenvalue weighted by molar-refractivity contribution is -0.00461. The van der Waals surface area contributed by atoms with Gasteiger partial charge in [-0.3, -0.25) is 9.88 Å². The molecule has 0 aliphatic carbocycles. The van der Waals surface area contributed by atoms with Gasteiger partial charge in [-0.1, -0.05) is 18.3 Å². The second-order valence-electron chi connectivity index (χ2n) is 4.62. The molecule has 2 rings (SSSR count). The molecular weight excluding hydrogens is 262 g/mol. The van der Waals surface area contributed by atoms with E-state index in [-0.39, 0.29) is 12.2 Å². The van der Waals surface area contributed by atoms with Gasteiger partial charge < -0.3 is 15.2 Å². The van der Waals surface area contributed by atoms with E-state index in [1.807, 2.05) is 12.1 Å². The third-order valence-electron chi connectivity index (χ3n) is 3.42. The molecule has 2 N–H and O–H groups in total. The van der Waals surface area contributed by atoms with Crippen LogP contribution in [0.3, 0.4) is 0 Å². The zero-order valence-corrected chi connectivity index (χ0v) is 12.0. The second kappa shape index (κ2) is 6.38. The summed E-state index contributed by atoms with van der Waals surface area (Å²) in [5, 5.41) is 0. The van der Waals surface area contributed by atoms with Gasteiger partial charge in [0.15, 0.2) is 0 Å². The van der Waals surface area contributed by atoms with E-state index in [1.165, 1.54) is 0 Å². The number of rotatable bonds is 5. The first-order chi connectivity index (χ1) is 9.15. The van der Waals surface area contributed by atoms with Crippen molar-refractivity contribution < 1.29 is 9.47 Å². The van der Waals surface area contributed by atoms with E-state index >= 15 is 0 Å². The minimum Gasteiger partial charge on any atom is -0.388 e. The number of nitrogens with two attached hydrogens (primary N) is 1. The van der Waals surface area contributed by atoms with Gasteiger partial charge in [-0.15, -0.1) is 0 Å². The largest absolute Gasteiger partial charge is 0.388 e. The average Bonchev–Trinajstić information content (AvgIpc) is 2.81. The van der Waals surface area contributed by atoms with Crippen LogP contribution in [0.1, 0.15) is 11.3 Å². The number of thiocarbonyl (C=S) groups is 1. The number of aromatic nitrogens is 1. The smallest absolute Gasteiger partial charge is 0.123 e. The minimum absolute atomic E-state index is 0.106. The summed E-state index contributed by atoms with van der Waals surface area (Å²) in [6.07, 6.45) is 1.92. The Balaban J connectivity index is 2.08. The summed E-state index contributed by atoms with van der Waals surface area (Å²) in [7, 11) is 3.43. The molecule has 5 nitrogen and oxygen atoms in total. The van der Waals surface area contributed by atoms with E-state index in [0.29, 0.717) is 10.7 Å². The van der Waals surface area contributed by atoms with Crippen molar-refractivity contribution in [3.05, 3.63) is 29.6 Å². The molecule has 0 amide bonds. The zero-order chi connectivity index (χ0) is 13.8. The maximum atomic E-state index is 5.70. The van der Waals surface area contributed by atoms with E-state index in [0.717, 1.165) is 25.2 Å². The molecule has 1 aliphatic rings. The van der Waals surface area contributed by atoms with E-state index in [9.17, 15) is 0 Å². The second-order valence-corrected chi connectivity index (χ2v) is 5.06. The van der Waals surface area contributed by atoms with Crippen molar-refractivity contribution in [1.29, 1.82) is 0 Å². The van der Waals surface area contributed by atoms with Gasteiger partial charge in [0, 0.05) is 40.1 Å². The lowest BCUT2D eigenvalue weighted by atomic mass is 10.2. The van der Waals surface area contributed by atoms with Crippen LogP contribution in [0, 0.1) is 0 Å². The Kier molecular flexibility index (Phi) is 4.81. The number of hydrogen-bond acceptors (Lipinski definition) is 5. The van der Waals surface area contributed by atoms with Gasteiger partial charge in [0.1, 0.15) is 10.7 Å². The molecule has 104 valence electrons. The Labute approximate surface area is 118 Å². The van der Waals surface area contributed by atoms with Gasteiger partial charge in [-0.2, -0.15) is 0 Å². The van der Waals surface area contributed by atoms with Crippen LogP contribution in [0.25, 0.3) is 0 Å². The van der Waals surface area contributed by atoms with Gasteiger partial charge in [0.25, 0.3) is 0 Å². The number of nitrogens with zero attached hydrogens (tertiary/aromatic N) is 2. The maximum absolute atomic E-state index is 5.70. The first kappa shape index (κ1) is 14.3. The maximum Gasteiger partial charge on any atom is 0.123 e. The van der Waals surface area contributed by atoms with Crippen molar-refractivity contribution >= 4 is 17.2 Å². The quantitative estimate of drug-likeness (QED) is 0.796. The zero-order valence-electron chi connectivity index (χ0n) is 11.2. The Hall–Kier alpha value is -1.08. The first-order valence-corrected chi connectivity index (χ1v) is 6.58. The monoisotopic (exact) mass is 281 g/mol. The molecular formula is C13H19N3O2S. The molecule has 1 fully saturated rings. The van der Waals surface area contributed by atoms with Gasteiger partial charge in [0.05, 0.1) is 12.2 Å². The highest BCUT2D eigenvalue weighted by molar-refractivity contribution is 7.80. The normalized spacial score (nSPS) is 23.7. The first-order valence-electron chi connectivity index (χ1n) is 6.17.